The summed E-state index contributed by atoms with van der Waals surface area (Å²) < 4.78 is 9.72. The van der Waals surface area contributed by atoms with Crippen molar-refractivity contribution in [1.29, 1.82) is 0 Å². The van der Waals surface area contributed by atoms with Crippen molar-refractivity contribution in [2.75, 3.05) is 20.3 Å². The Balaban J connectivity index is 2.30. The van der Waals surface area contributed by atoms with Gasteiger partial charge in [0.2, 0.25) is 0 Å². The quantitative estimate of drug-likeness (QED) is 0.628. The van der Waals surface area contributed by atoms with Crippen molar-refractivity contribution in [2.24, 2.45) is 0 Å². The highest BCUT2D eigenvalue weighted by Crippen LogP contribution is 2.38. The number of imide groups is 1. The molecular weight excluding hydrogens is 358 g/mol. The highest BCUT2D eigenvalue weighted by Gasteiger charge is 2.36. The lowest BCUT2D eigenvalue weighted by atomic mass is 10.2. The second-order valence-corrected chi connectivity index (χ2v) is 6.03. The van der Waals surface area contributed by atoms with Crippen LogP contribution in [0.1, 0.15) is 12.5 Å². The molecule has 128 valence electrons. The summed E-state index contributed by atoms with van der Waals surface area (Å²) in [6.45, 7) is 1.63. The molecule has 0 spiro atoms. The molecular formula is C15H14ClNO6S. The minimum absolute atomic E-state index is 0.0565. The smallest absolute Gasteiger partial charge is 0.325 e. The molecule has 0 atom stereocenters. The number of rotatable bonds is 5. The minimum atomic E-state index is -0.690. The van der Waals surface area contributed by atoms with Crippen molar-refractivity contribution in [1.82, 2.24) is 4.90 Å². The number of thioether (sulfide) groups is 1. The molecule has 24 heavy (non-hydrogen) atoms. The van der Waals surface area contributed by atoms with Crippen molar-refractivity contribution in [3.05, 3.63) is 27.6 Å². The number of carbonyl (C=O) groups excluding carboxylic acids is 3. The Hall–Kier alpha value is -2.19. The molecule has 2 rings (SSSR count). The second kappa shape index (κ2) is 7.59. The first-order valence-corrected chi connectivity index (χ1v) is 8.04. The van der Waals surface area contributed by atoms with Crippen LogP contribution in [0.3, 0.4) is 0 Å². The normalized spacial score (nSPS) is 16.0. The maximum absolute atomic E-state index is 12.2. The van der Waals surface area contributed by atoms with Crippen LogP contribution in [0, 0.1) is 0 Å². The van der Waals surface area contributed by atoms with Crippen molar-refractivity contribution in [3.8, 4) is 11.5 Å². The van der Waals surface area contributed by atoms with E-state index in [9.17, 15) is 19.5 Å². The number of hydrogen-bond donors (Lipinski definition) is 1. The number of phenols is 1. The van der Waals surface area contributed by atoms with Crippen LogP contribution < -0.4 is 4.74 Å². The van der Waals surface area contributed by atoms with E-state index in [1.807, 2.05) is 0 Å². The predicted molar refractivity (Wildman–Crippen MR) is 89.0 cm³/mol. The van der Waals surface area contributed by atoms with Gasteiger partial charge in [0.25, 0.3) is 11.1 Å². The number of amides is 2. The SMILES string of the molecule is CCOc1cc(/C=C2\SC(=O)N(CC(=O)OC)C2=O)cc(Cl)c1O. The molecule has 1 saturated heterocycles. The van der Waals surface area contributed by atoms with E-state index in [1.165, 1.54) is 25.3 Å². The number of hydrogen-bond acceptors (Lipinski definition) is 7. The highest BCUT2D eigenvalue weighted by molar-refractivity contribution is 8.18. The van der Waals surface area contributed by atoms with Crippen molar-refractivity contribution < 1.29 is 29.0 Å². The summed E-state index contributed by atoms with van der Waals surface area (Å²) in [5, 5.41) is 9.31. The summed E-state index contributed by atoms with van der Waals surface area (Å²) in [7, 11) is 1.17. The van der Waals surface area contributed by atoms with E-state index >= 15 is 0 Å². The molecule has 2 amide bonds. The van der Waals surface area contributed by atoms with E-state index in [-0.39, 0.29) is 21.4 Å². The third-order valence-electron chi connectivity index (χ3n) is 3.04. The number of halogens is 1. The van der Waals surface area contributed by atoms with Gasteiger partial charge in [0.15, 0.2) is 11.5 Å². The average molecular weight is 372 g/mol. The Bertz CT molecular complexity index is 733. The molecule has 1 fully saturated rings. The lowest BCUT2D eigenvalue weighted by Gasteiger charge is -2.10. The largest absolute Gasteiger partial charge is 0.503 e. The molecule has 1 heterocycles. The fraction of sp³-hybridized carbons (Fsp3) is 0.267. The Labute approximate surface area is 147 Å². The van der Waals surface area contributed by atoms with E-state index in [4.69, 9.17) is 16.3 Å². The number of methoxy groups -OCH3 is 1. The Morgan fingerprint density at radius 2 is 2.12 bits per heavy atom. The van der Waals surface area contributed by atoms with Gasteiger partial charge in [-0.3, -0.25) is 19.3 Å². The van der Waals surface area contributed by atoms with E-state index in [0.29, 0.717) is 23.9 Å². The zero-order chi connectivity index (χ0) is 17.9. The van der Waals surface area contributed by atoms with Gasteiger partial charge in [-0.25, -0.2) is 0 Å². The van der Waals surface area contributed by atoms with Gasteiger partial charge in [0, 0.05) is 0 Å². The number of carbonyl (C=O) groups is 3. The molecule has 1 aliphatic rings. The molecule has 1 aromatic carbocycles. The fourth-order valence-corrected chi connectivity index (χ4v) is 2.98. The number of aromatic hydroxyl groups is 1. The van der Waals surface area contributed by atoms with Crippen molar-refractivity contribution in [3.63, 3.8) is 0 Å². The van der Waals surface area contributed by atoms with Crippen molar-refractivity contribution in [2.45, 2.75) is 6.92 Å². The van der Waals surface area contributed by atoms with Crippen LogP contribution >= 0.6 is 23.4 Å². The average Bonchev–Trinajstić information content (AvgIpc) is 2.79. The lowest BCUT2D eigenvalue weighted by Crippen LogP contribution is -2.34. The van der Waals surface area contributed by atoms with Crippen molar-refractivity contribution >= 4 is 46.6 Å². The predicted octanol–water partition coefficient (Wildman–Crippen LogP) is 2.65. The van der Waals surface area contributed by atoms with Gasteiger partial charge in [0.1, 0.15) is 6.54 Å². The number of benzene rings is 1. The first kappa shape index (κ1) is 18.2. The van der Waals surface area contributed by atoms with E-state index in [2.05, 4.69) is 4.74 Å². The van der Waals surface area contributed by atoms with Gasteiger partial charge < -0.3 is 14.6 Å². The lowest BCUT2D eigenvalue weighted by molar-refractivity contribution is -0.143. The van der Waals surface area contributed by atoms with Crippen LogP contribution in [-0.4, -0.2) is 47.4 Å². The summed E-state index contributed by atoms with van der Waals surface area (Å²) in [6.07, 6.45) is 1.44. The molecule has 0 bridgehead atoms. The molecule has 9 heteroatoms. The van der Waals surface area contributed by atoms with Crippen LogP contribution in [0.4, 0.5) is 4.79 Å². The molecule has 1 N–H and O–H groups in total. The molecule has 1 aliphatic heterocycles. The van der Waals surface area contributed by atoms with Gasteiger partial charge in [-0.15, -0.1) is 0 Å². The Morgan fingerprint density at radius 1 is 1.42 bits per heavy atom. The molecule has 0 saturated carbocycles. The van der Waals surface area contributed by atoms with Crippen LogP contribution in [0.5, 0.6) is 11.5 Å². The van der Waals surface area contributed by atoms with Crippen LogP contribution in [-0.2, 0) is 14.3 Å². The monoisotopic (exact) mass is 371 g/mol. The van der Waals surface area contributed by atoms with Crippen LogP contribution in [0.2, 0.25) is 5.02 Å². The van der Waals surface area contributed by atoms with Crippen LogP contribution in [0.15, 0.2) is 17.0 Å². The zero-order valence-corrected chi connectivity index (χ0v) is 14.4. The molecule has 0 radical (unpaired) electrons. The number of nitrogens with zero attached hydrogens (tertiary/aromatic N) is 1. The Kier molecular flexibility index (Phi) is 5.74. The topological polar surface area (TPSA) is 93.1 Å². The number of esters is 1. The third-order valence-corrected chi connectivity index (χ3v) is 4.23. The molecule has 0 aromatic heterocycles. The fourth-order valence-electron chi connectivity index (χ4n) is 1.92. The van der Waals surface area contributed by atoms with Gasteiger partial charge in [-0.05, 0) is 42.5 Å². The maximum Gasteiger partial charge on any atom is 0.325 e. The summed E-state index contributed by atoms with van der Waals surface area (Å²) in [4.78, 5) is 36.3. The molecule has 0 unspecified atom stereocenters. The summed E-state index contributed by atoms with van der Waals surface area (Å²) >= 11 is 6.63. The number of phenolic OH excluding ortho intramolecular Hbond substituents is 1. The van der Waals surface area contributed by atoms with Crippen LogP contribution in [0.25, 0.3) is 6.08 Å². The van der Waals surface area contributed by atoms with E-state index in [1.54, 1.807) is 6.92 Å². The second-order valence-electron chi connectivity index (χ2n) is 4.63. The minimum Gasteiger partial charge on any atom is -0.503 e. The Morgan fingerprint density at radius 3 is 2.75 bits per heavy atom. The standard InChI is InChI=1S/C15H14ClNO6S/c1-3-23-10-5-8(4-9(16)13(10)19)6-11-14(20)17(15(21)24-11)7-12(18)22-2/h4-6,19H,3,7H2,1-2H3/b11-6-. The van der Waals surface area contributed by atoms with E-state index in [0.717, 1.165) is 4.90 Å². The summed E-state index contributed by atoms with van der Waals surface area (Å²) in [5.41, 5.74) is 0.477. The molecule has 0 aliphatic carbocycles. The summed E-state index contributed by atoms with van der Waals surface area (Å²) in [6, 6.07) is 2.94. The molecule has 7 nitrogen and oxygen atoms in total. The maximum atomic E-state index is 12.2. The first-order chi connectivity index (χ1) is 11.4. The first-order valence-electron chi connectivity index (χ1n) is 6.84. The van der Waals surface area contributed by atoms with E-state index < -0.39 is 23.7 Å². The van der Waals surface area contributed by atoms with Gasteiger partial charge in [0.05, 0.1) is 23.6 Å². The third kappa shape index (κ3) is 3.82. The molecule has 1 aromatic rings. The van der Waals surface area contributed by atoms with Gasteiger partial charge in [-0.2, -0.15) is 0 Å². The number of ether oxygens (including phenoxy) is 2. The van der Waals surface area contributed by atoms with Gasteiger partial charge in [-0.1, -0.05) is 11.6 Å². The highest BCUT2D eigenvalue weighted by atomic mass is 35.5. The summed E-state index contributed by atoms with van der Waals surface area (Å²) in [5.74, 6) is -1.32. The zero-order valence-electron chi connectivity index (χ0n) is 12.9. The van der Waals surface area contributed by atoms with Gasteiger partial charge >= 0.3 is 5.97 Å².